The molecule has 6 heteroatoms. The van der Waals surface area contributed by atoms with Crippen LogP contribution in [0.1, 0.15) is 35.2 Å². The van der Waals surface area contributed by atoms with Crippen molar-refractivity contribution < 1.29 is 18.0 Å². The van der Waals surface area contributed by atoms with E-state index in [0.717, 1.165) is 25.3 Å². The van der Waals surface area contributed by atoms with E-state index in [0.29, 0.717) is 10.4 Å². The Labute approximate surface area is 116 Å². The van der Waals surface area contributed by atoms with Crippen molar-refractivity contribution in [2.24, 2.45) is 5.92 Å². The molecular weight excluding hydrogens is 323 g/mol. The normalized spacial score (nSPS) is 28.3. The van der Waals surface area contributed by atoms with Crippen LogP contribution in [0.25, 0.3) is 0 Å². The van der Waals surface area contributed by atoms with Gasteiger partial charge < -0.3 is 5.32 Å². The second kappa shape index (κ2) is 3.98. The molecule has 3 aliphatic rings. The van der Waals surface area contributed by atoms with E-state index >= 15 is 0 Å². The maximum atomic E-state index is 12.9. The Morgan fingerprint density at radius 2 is 1.95 bits per heavy atom. The summed E-state index contributed by atoms with van der Waals surface area (Å²) < 4.78 is 39.1. The summed E-state index contributed by atoms with van der Waals surface area (Å²) >= 11 is 3.00. The largest absolute Gasteiger partial charge is 0.417 e. The minimum Gasteiger partial charge on any atom is -0.347 e. The highest BCUT2D eigenvalue weighted by Gasteiger charge is 2.57. The van der Waals surface area contributed by atoms with Crippen LogP contribution in [0.15, 0.2) is 22.7 Å². The molecule has 1 aromatic rings. The minimum absolute atomic E-state index is 0.225. The quantitative estimate of drug-likeness (QED) is 0.877. The van der Waals surface area contributed by atoms with Crippen LogP contribution < -0.4 is 5.32 Å². The first-order valence-electron chi connectivity index (χ1n) is 5.98. The monoisotopic (exact) mass is 333 g/mol. The van der Waals surface area contributed by atoms with E-state index in [4.69, 9.17) is 0 Å². The van der Waals surface area contributed by atoms with Gasteiger partial charge in [-0.2, -0.15) is 13.2 Å². The smallest absolute Gasteiger partial charge is 0.347 e. The van der Waals surface area contributed by atoms with E-state index in [9.17, 15) is 18.0 Å². The number of benzene rings is 1. The van der Waals surface area contributed by atoms with E-state index in [1.807, 2.05) is 0 Å². The zero-order valence-corrected chi connectivity index (χ0v) is 11.4. The molecule has 3 fully saturated rings. The molecule has 0 atom stereocenters. The first-order chi connectivity index (χ1) is 8.79. The van der Waals surface area contributed by atoms with Gasteiger partial charge in [-0.05, 0) is 43.4 Å². The molecule has 1 N–H and O–H groups in total. The standard InChI is InChI=1S/C13H11BrF3NO/c14-8-1-2-9(10(3-8)13(15,16)17)11(19)18-12-4-7(5-12)6-12/h1-3,7H,4-6H2,(H,18,19). The highest BCUT2D eigenvalue weighted by molar-refractivity contribution is 9.10. The summed E-state index contributed by atoms with van der Waals surface area (Å²) in [6.07, 6.45) is -1.83. The van der Waals surface area contributed by atoms with Gasteiger partial charge in [-0.15, -0.1) is 0 Å². The molecule has 2 nitrogen and oxygen atoms in total. The van der Waals surface area contributed by atoms with Crippen LogP contribution in [0.4, 0.5) is 13.2 Å². The highest BCUT2D eigenvalue weighted by Crippen LogP contribution is 2.57. The Balaban J connectivity index is 1.88. The molecule has 0 aromatic heterocycles. The van der Waals surface area contributed by atoms with Crippen LogP contribution in [0, 0.1) is 5.92 Å². The van der Waals surface area contributed by atoms with Gasteiger partial charge in [-0.3, -0.25) is 4.79 Å². The number of nitrogens with one attached hydrogen (secondary N) is 1. The van der Waals surface area contributed by atoms with E-state index in [2.05, 4.69) is 21.2 Å². The van der Waals surface area contributed by atoms with E-state index in [-0.39, 0.29) is 11.1 Å². The summed E-state index contributed by atoms with van der Waals surface area (Å²) in [6.45, 7) is 0. The van der Waals surface area contributed by atoms with Gasteiger partial charge >= 0.3 is 6.18 Å². The molecule has 0 unspecified atom stereocenters. The Morgan fingerprint density at radius 1 is 1.32 bits per heavy atom. The van der Waals surface area contributed by atoms with E-state index < -0.39 is 17.6 Å². The SMILES string of the molecule is O=C(NC12CC(C1)C2)c1ccc(Br)cc1C(F)(F)F. The molecule has 19 heavy (non-hydrogen) atoms. The lowest BCUT2D eigenvalue weighted by Gasteiger charge is -2.61. The molecule has 3 aliphatic carbocycles. The number of carbonyl (C=O) groups is 1. The van der Waals surface area contributed by atoms with Gasteiger partial charge in [0, 0.05) is 10.0 Å². The van der Waals surface area contributed by atoms with Gasteiger partial charge in [0.2, 0.25) is 0 Å². The molecule has 1 aromatic carbocycles. The number of halogens is 4. The molecule has 1 amide bonds. The summed E-state index contributed by atoms with van der Waals surface area (Å²) in [5.74, 6) is 0.0327. The van der Waals surface area contributed by atoms with Crippen molar-refractivity contribution in [2.45, 2.75) is 31.0 Å². The Hall–Kier alpha value is -1.04. The number of alkyl halides is 3. The van der Waals surface area contributed by atoms with Crippen molar-refractivity contribution >= 4 is 21.8 Å². The lowest BCUT2D eigenvalue weighted by Crippen LogP contribution is -2.68. The van der Waals surface area contributed by atoms with E-state index in [1.165, 1.54) is 12.1 Å². The molecule has 0 spiro atoms. The van der Waals surface area contributed by atoms with Crippen molar-refractivity contribution in [3.05, 3.63) is 33.8 Å². The summed E-state index contributed by atoms with van der Waals surface area (Å²) in [4.78, 5) is 12.0. The number of amides is 1. The van der Waals surface area contributed by atoms with Crippen molar-refractivity contribution in [1.82, 2.24) is 5.32 Å². The predicted octanol–water partition coefficient (Wildman–Crippen LogP) is 3.75. The lowest BCUT2D eigenvalue weighted by atomic mass is 9.50. The molecule has 4 rings (SSSR count). The maximum absolute atomic E-state index is 12.9. The van der Waals surface area contributed by atoms with Gasteiger partial charge in [-0.1, -0.05) is 15.9 Å². The van der Waals surface area contributed by atoms with Crippen LogP contribution in [0.2, 0.25) is 0 Å². The third-order valence-corrected chi connectivity index (χ3v) is 4.44. The van der Waals surface area contributed by atoms with Gasteiger partial charge in [0.15, 0.2) is 0 Å². The second-order valence-electron chi connectivity index (χ2n) is 5.40. The first kappa shape index (κ1) is 13.0. The minimum atomic E-state index is -4.53. The first-order valence-corrected chi connectivity index (χ1v) is 6.78. The zero-order valence-electron chi connectivity index (χ0n) is 9.85. The summed E-state index contributed by atoms with van der Waals surface area (Å²) in [7, 11) is 0. The predicted molar refractivity (Wildman–Crippen MR) is 66.7 cm³/mol. The van der Waals surface area contributed by atoms with E-state index in [1.54, 1.807) is 0 Å². The third kappa shape index (κ3) is 2.16. The number of hydrogen-bond donors (Lipinski definition) is 1. The number of carbonyl (C=O) groups excluding carboxylic acids is 1. The van der Waals surface area contributed by atoms with Crippen molar-refractivity contribution in [3.8, 4) is 0 Å². The maximum Gasteiger partial charge on any atom is 0.417 e. The summed E-state index contributed by atoms with van der Waals surface area (Å²) in [6, 6.07) is 3.61. The van der Waals surface area contributed by atoms with Gasteiger partial charge in [0.25, 0.3) is 5.91 Å². The molecule has 0 heterocycles. The highest BCUT2D eigenvalue weighted by atomic mass is 79.9. The molecular formula is C13H11BrF3NO. The number of rotatable bonds is 2. The van der Waals surface area contributed by atoms with Crippen molar-refractivity contribution in [1.29, 1.82) is 0 Å². The van der Waals surface area contributed by atoms with Crippen LogP contribution in [-0.4, -0.2) is 11.4 Å². The Morgan fingerprint density at radius 3 is 2.42 bits per heavy atom. The Bertz CT molecular complexity index is 538. The second-order valence-corrected chi connectivity index (χ2v) is 6.32. The fourth-order valence-corrected chi connectivity index (χ4v) is 3.25. The van der Waals surface area contributed by atoms with Crippen LogP contribution in [0.5, 0.6) is 0 Å². The molecule has 0 saturated heterocycles. The topological polar surface area (TPSA) is 29.1 Å². The average Bonchev–Trinajstić information content (AvgIpc) is 2.20. The molecule has 3 saturated carbocycles. The average molecular weight is 334 g/mol. The van der Waals surface area contributed by atoms with Crippen LogP contribution >= 0.6 is 15.9 Å². The summed E-state index contributed by atoms with van der Waals surface area (Å²) in [5.41, 5.74) is -1.43. The molecule has 0 aliphatic heterocycles. The van der Waals surface area contributed by atoms with Crippen LogP contribution in [0.3, 0.4) is 0 Å². The fourth-order valence-electron chi connectivity index (χ4n) is 2.89. The number of hydrogen-bond acceptors (Lipinski definition) is 1. The van der Waals surface area contributed by atoms with Crippen molar-refractivity contribution in [2.75, 3.05) is 0 Å². The molecule has 2 bridgehead atoms. The Kier molecular flexibility index (Phi) is 2.71. The van der Waals surface area contributed by atoms with Gasteiger partial charge in [0.1, 0.15) is 0 Å². The van der Waals surface area contributed by atoms with Crippen molar-refractivity contribution in [3.63, 3.8) is 0 Å². The molecule has 102 valence electrons. The van der Waals surface area contributed by atoms with Gasteiger partial charge in [-0.25, -0.2) is 0 Å². The lowest BCUT2D eigenvalue weighted by molar-refractivity contribution is -0.138. The van der Waals surface area contributed by atoms with Crippen LogP contribution in [-0.2, 0) is 6.18 Å². The molecule has 0 radical (unpaired) electrons. The third-order valence-electron chi connectivity index (χ3n) is 3.95. The fraction of sp³-hybridized carbons (Fsp3) is 0.462. The summed E-state index contributed by atoms with van der Waals surface area (Å²) in [5, 5.41) is 2.75. The zero-order chi connectivity index (χ0) is 13.8. The van der Waals surface area contributed by atoms with Gasteiger partial charge in [0.05, 0.1) is 11.1 Å².